The molecule has 130 valence electrons. The molecule has 1 amide bonds. The maximum absolute atomic E-state index is 12.1. The van der Waals surface area contributed by atoms with Crippen LogP contribution in [0, 0.1) is 5.92 Å². The number of carbonyl (C=O) groups excluding carboxylic acids is 1. The van der Waals surface area contributed by atoms with Gasteiger partial charge in [0.2, 0.25) is 0 Å². The number of aromatic nitrogens is 2. The number of benzene rings is 1. The summed E-state index contributed by atoms with van der Waals surface area (Å²) in [5, 5.41) is 11.0. The zero-order valence-corrected chi connectivity index (χ0v) is 14.9. The SMILES string of the molecule is Cl.O=C(NCCn1cc(Cl)cn1)c1ccc(CC2CCNC2)cc1. The molecule has 1 saturated heterocycles. The smallest absolute Gasteiger partial charge is 0.251 e. The zero-order valence-electron chi connectivity index (χ0n) is 13.4. The molecular weight excluding hydrogens is 347 g/mol. The van der Waals surface area contributed by atoms with Crippen LogP contribution in [0.15, 0.2) is 36.7 Å². The van der Waals surface area contributed by atoms with Crippen molar-refractivity contribution >= 4 is 29.9 Å². The quantitative estimate of drug-likeness (QED) is 0.823. The minimum absolute atomic E-state index is 0. The molecule has 2 aromatic rings. The number of nitrogens with zero attached hydrogens (tertiary/aromatic N) is 2. The minimum Gasteiger partial charge on any atom is -0.350 e. The van der Waals surface area contributed by atoms with Crippen molar-refractivity contribution in [1.29, 1.82) is 0 Å². The number of halogens is 2. The molecule has 5 nitrogen and oxygen atoms in total. The summed E-state index contributed by atoms with van der Waals surface area (Å²) in [6.45, 7) is 3.34. The number of hydrogen-bond acceptors (Lipinski definition) is 3. The number of nitrogens with one attached hydrogen (secondary N) is 2. The first-order valence-electron chi connectivity index (χ1n) is 7.96. The summed E-state index contributed by atoms with van der Waals surface area (Å²) < 4.78 is 1.71. The van der Waals surface area contributed by atoms with Crippen LogP contribution in [-0.2, 0) is 13.0 Å². The van der Waals surface area contributed by atoms with Gasteiger partial charge in [0.25, 0.3) is 5.91 Å². The second-order valence-electron chi connectivity index (χ2n) is 5.94. The molecule has 1 unspecified atom stereocenters. The summed E-state index contributed by atoms with van der Waals surface area (Å²) in [6.07, 6.45) is 5.64. The van der Waals surface area contributed by atoms with Gasteiger partial charge in [-0.05, 0) is 49.5 Å². The first kappa shape index (κ1) is 18.8. The van der Waals surface area contributed by atoms with Crippen molar-refractivity contribution in [3.63, 3.8) is 0 Å². The standard InChI is InChI=1S/C17H21ClN4O.ClH/c18-16-11-21-22(12-16)8-7-20-17(23)15-3-1-13(2-4-15)9-14-5-6-19-10-14;/h1-4,11-12,14,19H,5-10H2,(H,20,23);1H. The third-order valence-electron chi connectivity index (χ3n) is 4.13. The van der Waals surface area contributed by atoms with Crippen molar-refractivity contribution in [3.8, 4) is 0 Å². The van der Waals surface area contributed by atoms with Crippen molar-refractivity contribution < 1.29 is 4.79 Å². The largest absolute Gasteiger partial charge is 0.350 e. The van der Waals surface area contributed by atoms with Crippen LogP contribution in [-0.4, -0.2) is 35.3 Å². The van der Waals surface area contributed by atoms with E-state index in [4.69, 9.17) is 11.6 Å². The molecule has 1 fully saturated rings. The Labute approximate surface area is 153 Å². The molecule has 0 aliphatic carbocycles. The van der Waals surface area contributed by atoms with Crippen LogP contribution in [0.5, 0.6) is 0 Å². The molecule has 0 bridgehead atoms. The summed E-state index contributed by atoms with van der Waals surface area (Å²) in [5.41, 5.74) is 1.98. The highest BCUT2D eigenvalue weighted by Gasteiger charge is 2.15. The molecule has 0 radical (unpaired) electrons. The average Bonchev–Trinajstić information content (AvgIpc) is 3.20. The lowest BCUT2D eigenvalue weighted by atomic mass is 9.98. The van der Waals surface area contributed by atoms with Gasteiger partial charge >= 0.3 is 0 Å². The fraction of sp³-hybridized carbons (Fsp3) is 0.412. The molecule has 1 atom stereocenters. The van der Waals surface area contributed by atoms with Gasteiger partial charge in [-0.3, -0.25) is 9.48 Å². The van der Waals surface area contributed by atoms with E-state index in [9.17, 15) is 4.79 Å². The van der Waals surface area contributed by atoms with E-state index in [-0.39, 0.29) is 18.3 Å². The summed E-state index contributed by atoms with van der Waals surface area (Å²) in [4.78, 5) is 12.1. The maximum atomic E-state index is 12.1. The molecule has 1 aromatic heterocycles. The monoisotopic (exact) mass is 368 g/mol. The van der Waals surface area contributed by atoms with Gasteiger partial charge in [-0.2, -0.15) is 5.10 Å². The third kappa shape index (κ3) is 5.23. The van der Waals surface area contributed by atoms with Gasteiger partial charge in [-0.15, -0.1) is 12.4 Å². The lowest BCUT2D eigenvalue weighted by molar-refractivity contribution is 0.0952. The Morgan fingerprint density at radius 2 is 2.17 bits per heavy atom. The highest BCUT2D eigenvalue weighted by molar-refractivity contribution is 6.30. The van der Waals surface area contributed by atoms with Crippen molar-refractivity contribution in [3.05, 3.63) is 52.8 Å². The van der Waals surface area contributed by atoms with E-state index in [0.717, 1.165) is 25.4 Å². The Morgan fingerprint density at radius 3 is 2.79 bits per heavy atom. The lowest BCUT2D eigenvalue weighted by Crippen LogP contribution is -2.27. The van der Waals surface area contributed by atoms with Crippen LogP contribution < -0.4 is 10.6 Å². The second-order valence-corrected chi connectivity index (χ2v) is 6.37. The van der Waals surface area contributed by atoms with Gasteiger partial charge in [-0.1, -0.05) is 23.7 Å². The van der Waals surface area contributed by atoms with Crippen molar-refractivity contribution in [2.75, 3.05) is 19.6 Å². The maximum Gasteiger partial charge on any atom is 0.251 e. The van der Waals surface area contributed by atoms with Crippen LogP contribution in [0.4, 0.5) is 0 Å². The molecule has 3 rings (SSSR count). The van der Waals surface area contributed by atoms with Gasteiger partial charge in [0.1, 0.15) is 0 Å². The van der Waals surface area contributed by atoms with Gasteiger partial charge in [-0.25, -0.2) is 0 Å². The fourth-order valence-electron chi connectivity index (χ4n) is 2.86. The molecule has 0 saturated carbocycles. The molecule has 0 spiro atoms. The highest BCUT2D eigenvalue weighted by atomic mass is 35.5. The average molecular weight is 369 g/mol. The third-order valence-corrected chi connectivity index (χ3v) is 4.33. The lowest BCUT2D eigenvalue weighted by Gasteiger charge is -2.09. The van der Waals surface area contributed by atoms with E-state index in [1.54, 1.807) is 17.1 Å². The summed E-state index contributed by atoms with van der Waals surface area (Å²) in [7, 11) is 0. The summed E-state index contributed by atoms with van der Waals surface area (Å²) >= 11 is 5.80. The van der Waals surface area contributed by atoms with E-state index in [0.29, 0.717) is 23.7 Å². The topological polar surface area (TPSA) is 59.0 Å². The number of amides is 1. The first-order valence-corrected chi connectivity index (χ1v) is 8.34. The Kier molecular flexibility index (Phi) is 7.09. The van der Waals surface area contributed by atoms with Crippen LogP contribution in [0.1, 0.15) is 22.3 Å². The Morgan fingerprint density at radius 1 is 1.38 bits per heavy atom. The Bertz CT molecular complexity index is 651. The van der Waals surface area contributed by atoms with Crippen molar-refractivity contribution in [2.45, 2.75) is 19.4 Å². The minimum atomic E-state index is -0.0580. The van der Waals surface area contributed by atoms with Gasteiger partial charge in [0, 0.05) is 18.3 Å². The van der Waals surface area contributed by atoms with E-state index >= 15 is 0 Å². The molecule has 2 heterocycles. The van der Waals surface area contributed by atoms with Crippen LogP contribution >= 0.6 is 24.0 Å². The predicted molar refractivity (Wildman–Crippen MR) is 97.9 cm³/mol. The second kappa shape index (κ2) is 9.06. The summed E-state index contributed by atoms with van der Waals surface area (Å²) in [6, 6.07) is 7.91. The molecule has 2 N–H and O–H groups in total. The number of carbonyl (C=O) groups is 1. The molecular formula is C17H22Cl2N4O. The first-order chi connectivity index (χ1) is 11.2. The molecule has 1 aliphatic heterocycles. The molecule has 7 heteroatoms. The fourth-order valence-corrected chi connectivity index (χ4v) is 3.02. The number of hydrogen-bond donors (Lipinski definition) is 2. The van der Waals surface area contributed by atoms with E-state index in [1.807, 2.05) is 12.1 Å². The Hall–Kier alpha value is -1.56. The van der Waals surface area contributed by atoms with Crippen LogP contribution in [0.25, 0.3) is 0 Å². The van der Waals surface area contributed by atoms with E-state index in [2.05, 4.69) is 27.9 Å². The van der Waals surface area contributed by atoms with Gasteiger partial charge in [0.05, 0.1) is 17.8 Å². The number of rotatable bonds is 6. The van der Waals surface area contributed by atoms with E-state index in [1.165, 1.54) is 12.0 Å². The molecule has 1 aromatic carbocycles. The van der Waals surface area contributed by atoms with E-state index < -0.39 is 0 Å². The zero-order chi connectivity index (χ0) is 16.1. The molecule has 1 aliphatic rings. The van der Waals surface area contributed by atoms with Crippen molar-refractivity contribution in [2.24, 2.45) is 5.92 Å². The van der Waals surface area contributed by atoms with Crippen LogP contribution in [0.3, 0.4) is 0 Å². The normalized spacial score (nSPS) is 16.6. The van der Waals surface area contributed by atoms with Gasteiger partial charge < -0.3 is 10.6 Å². The summed E-state index contributed by atoms with van der Waals surface area (Å²) in [5.74, 6) is 0.660. The molecule has 24 heavy (non-hydrogen) atoms. The highest BCUT2D eigenvalue weighted by Crippen LogP contribution is 2.15. The van der Waals surface area contributed by atoms with Crippen LogP contribution in [0.2, 0.25) is 5.02 Å². The van der Waals surface area contributed by atoms with Crippen molar-refractivity contribution in [1.82, 2.24) is 20.4 Å². The predicted octanol–water partition coefficient (Wildman–Crippen LogP) is 2.54. The van der Waals surface area contributed by atoms with Gasteiger partial charge in [0.15, 0.2) is 0 Å². The Balaban J connectivity index is 0.00000208.